The Labute approximate surface area is 143 Å². The van der Waals surface area contributed by atoms with E-state index < -0.39 is 11.6 Å². The third-order valence-corrected chi connectivity index (χ3v) is 3.93. The van der Waals surface area contributed by atoms with E-state index >= 15 is 0 Å². The molecule has 0 radical (unpaired) electrons. The van der Waals surface area contributed by atoms with Gasteiger partial charge in [-0.3, -0.25) is 10.2 Å². The van der Waals surface area contributed by atoms with Gasteiger partial charge < -0.3 is 9.84 Å². The standard InChI is InChI=1S/C16H19N3O4S/c1-4-19(15(22)18-14-17-9-10-24-14)11-5-7-12(8-6-11)23-16(2,3)13(20)21/h5-10H,4H2,1-3H3,(H,20,21)(H,17,18,22). The fourth-order valence-corrected chi connectivity index (χ4v) is 2.44. The molecule has 0 atom stereocenters. The van der Waals surface area contributed by atoms with Gasteiger partial charge in [0.15, 0.2) is 10.7 Å². The van der Waals surface area contributed by atoms with Gasteiger partial charge in [0.1, 0.15) is 5.75 Å². The second-order valence-corrected chi connectivity index (χ2v) is 6.32. The summed E-state index contributed by atoms with van der Waals surface area (Å²) in [5.41, 5.74) is -0.652. The van der Waals surface area contributed by atoms with Gasteiger partial charge >= 0.3 is 12.0 Å². The predicted octanol–water partition coefficient (Wildman–Crippen LogP) is 3.44. The average molecular weight is 349 g/mol. The van der Waals surface area contributed by atoms with Crippen LogP contribution in [0.4, 0.5) is 15.6 Å². The van der Waals surface area contributed by atoms with E-state index in [1.165, 1.54) is 25.2 Å². The van der Waals surface area contributed by atoms with Crippen molar-refractivity contribution in [3.63, 3.8) is 0 Å². The Balaban J connectivity index is 2.10. The van der Waals surface area contributed by atoms with Crippen LogP contribution in [-0.2, 0) is 4.79 Å². The first-order valence-electron chi connectivity index (χ1n) is 7.34. The van der Waals surface area contributed by atoms with Crippen molar-refractivity contribution in [2.24, 2.45) is 0 Å². The van der Waals surface area contributed by atoms with E-state index in [-0.39, 0.29) is 6.03 Å². The largest absolute Gasteiger partial charge is 0.478 e. The first kappa shape index (κ1) is 17.7. The summed E-state index contributed by atoms with van der Waals surface area (Å²) in [5.74, 6) is -0.632. The first-order chi connectivity index (χ1) is 11.3. The molecule has 0 aliphatic heterocycles. The van der Waals surface area contributed by atoms with Gasteiger partial charge in [0.05, 0.1) is 0 Å². The van der Waals surface area contributed by atoms with E-state index in [9.17, 15) is 9.59 Å². The molecule has 0 saturated heterocycles. The van der Waals surface area contributed by atoms with Gasteiger partial charge in [-0.05, 0) is 45.0 Å². The highest BCUT2D eigenvalue weighted by Crippen LogP contribution is 2.24. The van der Waals surface area contributed by atoms with E-state index in [2.05, 4.69) is 10.3 Å². The van der Waals surface area contributed by atoms with Gasteiger partial charge in [-0.1, -0.05) is 0 Å². The third-order valence-electron chi connectivity index (χ3n) is 3.24. The maximum absolute atomic E-state index is 12.3. The van der Waals surface area contributed by atoms with Crippen LogP contribution in [0.15, 0.2) is 35.8 Å². The number of thiazole rings is 1. The van der Waals surface area contributed by atoms with Crippen molar-refractivity contribution in [1.29, 1.82) is 0 Å². The number of ether oxygens (including phenoxy) is 1. The van der Waals surface area contributed by atoms with Gasteiger partial charge in [0.2, 0.25) is 0 Å². The second-order valence-electron chi connectivity index (χ2n) is 5.42. The van der Waals surface area contributed by atoms with Crippen LogP contribution >= 0.6 is 11.3 Å². The maximum Gasteiger partial charge on any atom is 0.347 e. The van der Waals surface area contributed by atoms with Crippen LogP contribution in [0.3, 0.4) is 0 Å². The van der Waals surface area contributed by atoms with E-state index in [0.29, 0.717) is 23.1 Å². The minimum Gasteiger partial charge on any atom is -0.478 e. The number of carbonyl (C=O) groups excluding carboxylic acids is 1. The molecule has 2 amide bonds. The fourth-order valence-electron chi connectivity index (χ4n) is 1.92. The van der Waals surface area contributed by atoms with Crippen molar-refractivity contribution in [2.75, 3.05) is 16.8 Å². The summed E-state index contributed by atoms with van der Waals surface area (Å²) in [7, 11) is 0. The van der Waals surface area contributed by atoms with Gasteiger partial charge in [-0.25, -0.2) is 14.6 Å². The molecule has 8 heteroatoms. The van der Waals surface area contributed by atoms with E-state index in [4.69, 9.17) is 9.84 Å². The number of amides is 2. The molecule has 2 rings (SSSR count). The van der Waals surface area contributed by atoms with Crippen molar-refractivity contribution in [1.82, 2.24) is 4.98 Å². The van der Waals surface area contributed by atoms with Crippen LogP contribution in [0.1, 0.15) is 20.8 Å². The third kappa shape index (κ3) is 4.23. The number of urea groups is 1. The summed E-state index contributed by atoms with van der Waals surface area (Å²) in [4.78, 5) is 29.0. The molecule has 0 aliphatic carbocycles. The lowest BCUT2D eigenvalue weighted by atomic mass is 10.1. The number of carboxylic acid groups (broad SMARTS) is 1. The molecule has 2 aromatic rings. The summed E-state index contributed by atoms with van der Waals surface area (Å²) in [6.07, 6.45) is 1.62. The Morgan fingerprint density at radius 2 is 2.00 bits per heavy atom. The highest BCUT2D eigenvalue weighted by molar-refractivity contribution is 7.13. The second kappa shape index (κ2) is 7.31. The van der Waals surface area contributed by atoms with Crippen LogP contribution in [0.2, 0.25) is 0 Å². The Kier molecular flexibility index (Phi) is 5.40. The number of benzene rings is 1. The lowest BCUT2D eigenvalue weighted by molar-refractivity contribution is -0.152. The molecular formula is C16H19N3O4S. The highest BCUT2D eigenvalue weighted by Gasteiger charge is 2.29. The number of anilines is 2. The molecule has 0 fully saturated rings. The van der Waals surface area contributed by atoms with E-state index in [0.717, 1.165) is 0 Å². The zero-order valence-electron chi connectivity index (χ0n) is 13.6. The van der Waals surface area contributed by atoms with Gasteiger partial charge in [0.25, 0.3) is 0 Å². The Morgan fingerprint density at radius 1 is 1.33 bits per heavy atom. The monoisotopic (exact) mass is 349 g/mol. The number of nitrogens with zero attached hydrogens (tertiary/aromatic N) is 2. The lowest BCUT2D eigenvalue weighted by Crippen LogP contribution is -2.38. The molecule has 24 heavy (non-hydrogen) atoms. The fraction of sp³-hybridized carbons (Fsp3) is 0.312. The quantitative estimate of drug-likeness (QED) is 0.833. The van der Waals surface area contributed by atoms with Crippen LogP contribution in [0.5, 0.6) is 5.75 Å². The predicted molar refractivity (Wildman–Crippen MR) is 92.9 cm³/mol. The molecule has 1 heterocycles. The summed E-state index contributed by atoms with van der Waals surface area (Å²) in [6.45, 7) is 5.28. The number of carboxylic acids is 1. The smallest absolute Gasteiger partial charge is 0.347 e. The molecule has 128 valence electrons. The van der Waals surface area contributed by atoms with Gasteiger partial charge in [0, 0.05) is 23.8 Å². The van der Waals surface area contributed by atoms with Crippen LogP contribution in [-0.4, -0.2) is 34.2 Å². The molecular weight excluding hydrogens is 330 g/mol. The molecule has 0 spiro atoms. The van der Waals surface area contributed by atoms with Crippen LogP contribution in [0.25, 0.3) is 0 Å². The first-order valence-corrected chi connectivity index (χ1v) is 8.22. The Hall–Kier alpha value is -2.61. The van der Waals surface area contributed by atoms with Gasteiger partial charge in [-0.2, -0.15) is 0 Å². The number of hydrogen-bond acceptors (Lipinski definition) is 5. The molecule has 0 aliphatic rings. The highest BCUT2D eigenvalue weighted by atomic mass is 32.1. The van der Waals surface area contributed by atoms with Crippen LogP contribution in [0, 0.1) is 0 Å². The number of aromatic nitrogens is 1. The van der Waals surface area contributed by atoms with E-state index in [1.54, 1.807) is 40.7 Å². The number of hydrogen-bond donors (Lipinski definition) is 2. The molecule has 1 aromatic heterocycles. The van der Waals surface area contributed by atoms with Crippen molar-refractivity contribution < 1.29 is 19.4 Å². The Bertz CT molecular complexity index is 699. The zero-order chi connectivity index (χ0) is 17.7. The molecule has 0 bridgehead atoms. The topological polar surface area (TPSA) is 91.8 Å². The van der Waals surface area contributed by atoms with Crippen LogP contribution < -0.4 is 15.0 Å². The van der Waals surface area contributed by atoms with Crippen molar-refractivity contribution in [3.05, 3.63) is 35.8 Å². The zero-order valence-corrected chi connectivity index (χ0v) is 14.5. The molecule has 0 saturated carbocycles. The molecule has 7 nitrogen and oxygen atoms in total. The number of carbonyl (C=O) groups is 2. The number of aliphatic carboxylic acids is 1. The summed E-state index contributed by atoms with van der Waals surface area (Å²) < 4.78 is 5.45. The van der Waals surface area contributed by atoms with Crippen molar-refractivity contribution in [2.45, 2.75) is 26.4 Å². The summed E-state index contributed by atoms with van der Waals surface area (Å²) in [5, 5.41) is 14.1. The molecule has 2 N–H and O–H groups in total. The van der Waals surface area contributed by atoms with Crippen molar-refractivity contribution >= 4 is 34.2 Å². The number of rotatable bonds is 6. The SMILES string of the molecule is CCN(C(=O)Nc1nccs1)c1ccc(OC(C)(C)C(=O)O)cc1. The minimum atomic E-state index is -1.33. The minimum absolute atomic E-state index is 0.285. The normalized spacial score (nSPS) is 11.0. The van der Waals surface area contributed by atoms with E-state index in [1.807, 2.05) is 6.92 Å². The Morgan fingerprint density at radius 3 is 2.50 bits per heavy atom. The summed E-state index contributed by atoms with van der Waals surface area (Å²) >= 11 is 1.34. The van der Waals surface area contributed by atoms with Gasteiger partial charge in [-0.15, -0.1) is 11.3 Å². The lowest BCUT2D eigenvalue weighted by Gasteiger charge is -2.23. The maximum atomic E-state index is 12.3. The molecule has 0 unspecified atom stereocenters. The number of nitrogens with one attached hydrogen (secondary N) is 1. The summed E-state index contributed by atoms with van der Waals surface area (Å²) in [6, 6.07) is 6.40. The molecule has 1 aromatic carbocycles. The average Bonchev–Trinajstić information content (AvgIpc) is 3.02. The van der Waals surface area contributed by atoms with Crippen molar-refractivity contribution in [3.8, 4) is 5.75 Å².